The lowest BCUT2D eigenvalue weighted by atomic mass is 10.0. The first-order valence-electron chi connectivity index (χ1n) is 12.3. The van der Waals surface area contributed by atoms with Crippen LogP contribution in [0.5, 0.6) is 5.75 Å². The van der Waals surface area contributed by atoms with Crippen molar-refractivity contribution >= 4 is 17.5 Å². The van der Waals surface area contributed by atoms with Crippen molar-refractivity contribution in [3.8, 4) is 5.75 Å². The summed E-state index contributed by atoms with van der Waals surface area (Å²) in [7, 11) is 1.98. The Labute approximate surface area is 196 Å². The smallest absolute Gasteiger partial charge is 0.247 e. The second kappa shape index (κ2) is 9.97. The quantitative estimate of drug-likeness (QED) is 0.528. The molecular formula is C25H37FN4O3. The molecule has 0 radical (unpaired) electrons. The minimum atomic E-state index is -0.304. The Morgan fingerprint density at radius 3 is 2.42 bits per heavy atom. The molecule has 1 saturated carbocycles. The molecule has 33 heavy (non-hydrogen) atoms. The Morgan fingerprint density at radius 1 is 1.09 bits per heavy atom. The monoisotopic (exact) mass is 460 g/mol. The van der Waals surface area contributed by atoms with Gasteiger partial charge in [-0.2, -0.15) is 0 Å². The van der Waals surface area contributed by atoms with Crippen molar-refractivity contribution in [1.29, 1.82) is 0 Å². The average Bonchev–Trinajstić information content (AvgIpc) is 3.60. The van der Waals surface area contributed by atoms with Crippen LogP contribution in [0.15, 0.2) is 18.2 Å². The Balaban J connectivity index is 1.26. The van der Waals surface area contributed by atoms with Crippen LogP contribution in [-0.4, -0.2) is 91.0 Å². The van der Waals surface area contributed by atoms with Crippen LogP contribution < -0.4 is 9.64 Å². The first-order valence-corrected chi connectivity index (χ1v) is 12.3. The van der Waals surface area contributed by atoms with Gasteiger partial charge in [0.25, 0.3) is 0 Å². The number of nitrogens with zero attached hydrogens (tertiary/aromatic N) is 4. The largest absolute Gasteiger partial charge is 0.489 e. The number of halogens is 1. The van der Waals surface area contributed by atoms with E-state index in [1.807, 2.05) is 27.8 Å². The predicted molar refractivity (Wildman–Crippen MR) is 126 cm³/mol. The van der Waals surface area contributed by atoms with E-state index >= 15 is 0 Å². The van der Waals surface area contributed by atoms with Gasteiger partial charge in [0.1, 0.15) is 17.6 Å². The van der Waals surface area contributed by atoms with Crippen molar-refractivity contribution < 1.29 is 18.7 Å². The van der Waals surface area contributed by atoms with E-state index in [2.05, 4.69) is 14.7 Å². The zero-order chi connectivity index (χ0) is 23.7. The number of likely N-dealkylation sites (tertiary alicyclic amines) is 1. The third kappa shape index (κ3) is 5.32. The Morgan fingerprint density at radius 2 is 1.79 bits per heavy atom. The third-order valence-corrected chi connectivity index (χ3v) is 7.06. The van der Waals surface area contributed by atoms with Crippen LogP contribution in [0.1, 0.15) is 40.0 Å². The zero-order valence-electron chi connectivity index (χ0n) is 20.3. The molecule has 3 fully saturated rings. The summed E-state index contributed by atoms with van der Waals surface area (Å²) in [5.41, 5.74) is 0.802. The molecule has 0 spiro atoms. The number of hydrogen-bond donors (Lipinski definition) is 0. The van der Waals surface area contributed by atoms with Crippen LogP contribution in [0.2, 0.25) is 0 Å². The number of ether oxygens (including phenoxy) is 1. The number of hydrogen-bond acceptors (Lipinski definition) is 6. The summed E-state index contributed by atoms with van der Waals surface area (Å²) in [6.45, 7) is 10.4. The predicted octanol–water partition coefficient (Wildman–Crippen LogP) is 2.59. The van der Waals surface area contributed by atoms with Crippen LogP contribution in [0.25, 0.3) is 0 Å². The molecular weight excluding hydrogens is 423 g/mol. The molecule has 0 bridgehead atoms. The van der Waals surface area contributed by atoms with E-state index in [0.29, 0.717) is 18.3 Å². The van der Waals surface area contributed by atoms with Crippen LogP contribution in [0, 0.1) is 11.7 Å². The summed E-state index contributed by atoms with van der Waals surface area (Å²) in [5, 5.41) is 0. The normalized spacial score (nSPS) is 24.5. The van der Waals surface area contributed by atoms with Crippen LogP contribution in [0.3, 0.4) is 0 Å². The molecule has 8 heteroatoms. The molecule has 2 heterocycles. The number of benzene rings is 1. The van der Waals surface area contributed by atoms with Gasteiger partial charge >= 0.3 is 0 Å². The van der Waals surface area contributed by atoms with Gasteiger partial charge in [-0.15, -0.1) is 0 Å². The number of rotatable bonds is 9. The lowest BCUT2D eigenvalue weighted by Gasteiger charge is -2.37. The fourth-order valence-electron chi connectivity index (χ4n) is 5.08. The second-order valence-electron chi connectivity index (χ2n) is 9.92. The first kappa shape index (κ1) is 24.0. The fourth-order valence-corrected chi connectivity index (χ4v) is 5.08. The van der Waals surface area contributed by atoms with Gasteiger partial charge in [0.2, 0.25) is 11.8 Å². The van der Waals surface area contributed by atoms with Gasteiger partial charge in [-0.3, -0.25) is 24.3 Å². The molecule has 4 rings (SSSR count). The highest BCUT2D eigenvalue weighted by Crippen LogP contribution is 2.33. The molecule has 2 saturated heterocycles. The molecule has 1 aromatic carbocycles. The van der Waals surface area contributed by atoms with Crippen molar-refractivity contribution in [2.45, 2.75) is 58.2 Å². The van der Waals surface area contributed by atoms with Crippen molar-refractivity contribution in [3.05, 3.63) is 24.0 Å². The lowest BCUT2D eigenvalue weighted by Crippen LogP contribution is -2.47. The SMILES string of the molecule is CC(C)Oc1ccc(F)cc1N1CCN(CCCN2C(=O)C(C)C(N(C)C3CC3)C2=O)CC1. The Bertz CT molecular complexity index is 867. The first-order chi connectivity index (χ1) is 15.8. The van der Waals surface area contributed by atoms with Crippen LogP contribution >= 0.6 is 0 Å². The molecule has 0 N–H and O–H groups in total. The highest BCUT2D eigenvalue weighted by Gasteiger charge is 2.49. The minimum absolute atomic E-state index is 0.0258. The maximum Gasteiger partial charge on any atom is 0.247 e. The molecule has 0 aromatic heterocycles. The van der Waals surface area contributed by atoms with Gasteiger partial charge in [-0.25, -0.2) is 4.39 Å². The molecule has 7 nitrogen and oxygen atoms in total. The molecule has 182 valence electrons. The van der Waals surface area contributed by atoms with Crippen molar-refractivity contribution in [2.75, 3.05) is 51.2 Å². The number of imide groups is 1. The Hall–Kier alpha value is -2.19. The molecule has 3 aliphatic rings. The van der Waals surface area contributed by atoms with E-state index in [4.69, 9.17) is 4.74 Å². The highest BCUT2D eigenvalue weighted by atomic mass is 19.1. The maximum absolute atomic E-state index is 13.9. The van der Waals surface area contributed by atoms with Crippen molar-refractivity contribution in [2.24, 2.45) is 5.92 Å². The van der Waals surface area contributed by atoms with E-state index in [9.17, 15) is 14.0 Å². The van der Waals surface area contributed by atoms with Crippen LogP contribution in [-0.2, 0) is 9.59 Å². The standard InChI is InChI=1S/C25H37FN4O3/c1-17(2)33-22-9-6-19(26)16-21(22)29-14-12-28(13-15-29)10-5-11-30-24(31)18(3)23(25(30)32)27(4)20-7-8-20/h6,9,16-18,20,23H,5,7-8,10-15H2,1-4H3. The summed E-state index contributed by atoms with van der Waals surface area (Å²) in [6.07, 6.45) is 3.03. The van der Waals surface area contributed by atoms with Gasteiger partial charge in [0.15, 0.2) is 0 Å². The van der Waals surface area contributed by atoms with Crippen LogP contribution in [0.4, 0.5) is 10.1 Å². The molecule has 2 amide bonds. The van der Waals surface area contributed by atoms with Gasteiger partial charge in [0.05, 0.1) is 17.7 Å². The van der Waals surface area contributed by atoms with E-state index in [-0.39, 0.29) is 35.7 Å². The highest BCUT2D eigenvalue weighted by molar-refractivity contribution is 6.06. The molecule has 2 atom stereocenters. The number of likely N-dealkylation sites (N-methyl/N-ethyl adjacent to an activating group) is 1. The molecule has 1 aromatic rings. The van der Waals surface area contributed by atoms with Gasteiger partial charge < -0.3 is 9.64 Å². The number of carbonyl (C=O) groups is 2. The summed E-state index contributed by atoms with van der Waals surface area (Å²) >= 11 is 0. The van der Waals surface area contributed by atoms with Gasteiger partial charge in [0, 0.05) is 44.8 Å². The van der Waals surface area contributed by atoms with Gasteiger partial charge in [-0.05, 0) is 58.8 Å². The van der Waals surface area contributed by atoms with Gasteiger partial charge in [-0.1, -0.05) is 6.92 Å². The van der Waals surface area contributed by atoms with E-state index in [0.717, 1.165) is 57.7 Å². The molecule has 1 aliphatic carbocycles. The van der Waals surface area contributed by atoms with E-state index in [1.54, 1.807) is 12.1 Å². The summed E-state index contributed by atoms with van der Waals surface area (Å²) in [5.74, 6) is 0.121. The Kier molecular flexibility index (Phi) is 7.24. The molecule has 2 unspecified atom stereocenters. The second-order valence-corrected chi connectivity index (χ2v) is 9.92. The fraction of sp³-hybridized carbons (Fsp3) is 0.680. The van der Waals surface area contributed by atoms with E-state index < -0.39 is 0 Å². The average molecular weight is 461 g/mol. The lowest BCUT2D eigenvalue weighted by molar-refractivity contribution is -0.140. The zero-order valence-corrected chi connectivity index (χ0v) is 20.3. The molecule has 2 aliphatic heterocycles. The third-order valence-electron chi connectivity index (χ3n) is 7.06. The summed E-state index contributed by atoms with van der Waals surface area (Å²) < 4.78 is 19.8. The summed E-state index contributed by atoms with van der Waals surface area (Å²) in [4.78, 5) is 33.7. The summed E-state index contributed by atoms with van der Waals surface area (Å²) in [6, 6.07) is 4.84. The van der Waals surface area contributed by atoms with Crippen molar-refractivity contribution in [3.63, 3.8) is 0 Å². The van der Waals surface area contributed by atoms with E-state index in [1.165, 1.54) is 11.0 Å². The van der Waals surface area contributed by atoms with Crippen molar-refractivity contribution in [1.82, 2.24) is 14.7 Å². The number of carbonyl (C=O) groups excluding carboxylic acids is 2. The number of amides is 2. The maximum atomic E-state index is 13.9. The number of anilines is 1. The minimum Gasteiger partial charge on any atom is -0.489 e. The topological polar surface area (TPSA) is 56.3 Å². The number of piperazine rings is 1.